The molecule has 112 valence electrons. The summed E-state index contributed by atoms with van der Waals surface area (Å²) in [5, 5.41) is 9.58. The Morgan fingerprint density at radius 1 is 1.10 bits per heavy atom. The van der Waals surface area contributed by atoms with Crippen LogP contribution in [-0.2, 0) is 15.0 Å². The van der Waals surface area contributed by atoms with Crippen molar-refractivity contribution in [2.24, 2.45) is 0 Å². The summed E-state index contributed by atoms with van der Waals surface area (Å²) in [6.45, 7) is 2.24. The van der Waals surface area contributed by atoms with Gasteiger partial charge >= 0.3 is 5.97 Å². The zero-order chi connectivity index (χ0) is 15.1. The maximum Gasteiger partial charge on any atom is 0.329 e. The Hall–Kier alpha value is -1.84. The Morgan fingerprint density at radius 2 is 1.76 bits per heavy atom. The fraction of sp³-hybridized carbons (Fsp3) is 0.529. The van der Waals surface area contributed by atoms with Gasteiger partial charge in [-0.05, 0) is 44.6 Å². The lowest BCUT2D eigenvalue weighted by atomic mass is 9.85. The summed E-state index contributed by atoms with van der Waals surface area (Å²) in [6.07, 6.45) is 3.94. The highest BCUT2D eigenvalue weighted by Gasteiger charge is 2.57. The largest absolute Gasteiger partial charge is 0.480 e. The molecule has 1 amide bonds. The van der Waals surface area contributed by atoms with Gasteiger partial charge in [0.15, 0.2) is 0 Å². The van der Waals surface area contributed by atoms with Crippen molar-refractivity contribution in [3.05, 3.63) is 35.9 Å². The highest BCUT2D eigenvalue weighted by Crippen LogP contribution is 2.51. The number of benzene rings is 1. The Kier molecular flexibility index (Phi) is 3.27. The third-order valence-corrected chi connectivity index (χ3v) is 5.08. The summed E-state index contributed by atoms with van der Waals surface area (Å²) >= 11 is 0. The predicted octanol–water partition coefficient (Wildman–Crippen LogP) is 2.57. The molecule has 21 heavy (non-hydrogen) atoms. The van der Waals surface area contributed by atoms with E-state index in [0.717, 1.165) is 31.2 Å². The number of carbonyl (C=O) groups is 2. The number of aliphatic carboxylic acids is 1. The predicted molar refractivity (Wildman–Crippen MR) is 79.0 cm³/mol. The monoisotopic (exact) mass is 287 g/mol. The summed E-state index contributed by atoms with van der Waals surface area (Å²) in [7, 11) is 0. The summed E-state index contributed by atoms with van der Waals surface area (Å²) < 4.78 is 0. The van der Waals surface area contributed by atoms with Gasteiger partial charge in [-0.2, -0.15) is 0 Å². The van der Waals surface area contributed by atoms with Crippen LogP contribution in [0.4, 0.5) is 0 Å². The first-order chi connectivity index (χ1) is 10.0. The molecule has 1 saturated carbocycles. The quantitative estimate of drug-likeness (QED) is 0.929. The molecule has 1 heterocycles. The maximum atomic E-state index is 13.1. The molecular weight excluding hydrogens is 266 g/mol. The molecule has 4 heteroatoms. The Labute approximate surface area is 124 Å². The number of carboxylic acids is 1. The van der Waals surface area contributed by atoms with Crippen molar-refractivity contribution in [2.45, 2.75) is 50.0 Å². The third-order valence-electron chi connectivity index (χ3n) is 5.08. The first-order valence-electron chi connectivity index (χ1n) is 7.62. The van der Waals surface area contributed by atoms with Gasteiger partial charge in [0.05, 0.1) is 5.41 Å². The maximum absolute atomic E-state index is 13.1. The third kappa shape index (κ3) is 2.13. The molecule has 1 atom stereocenters. The van der Waals surface area contributed by atoms with Crippen molar-refractivity contribution in [2.75, 3.05) is 6.54 Å². The molecule has 1 saturated heterocycles. The van der Waals surface area contributed by atoms with Crippen LogP contribution in [0.5, 0.6) is 0 Å². The summed E-state index contributed by atoms with van der Waals surface area (Å²) in [5.41, 5.74) is -0.511. The van der Waals surface area contributed by atoms with Crippen LogP contribution in [0, 0.1) is 0 Å². The average molecular weight is 287 g/mol. The van der Waals surface area contributed by atoms with Gasteiger partial charge < -0.3 is 10.0 Å². The van der Waals surface area contributed by atoms with Crippen molar-refractivity contribution in [1.82, 2.24) is 4.90 Å². The van der Waals surface area contributed by atoms with Crippen molar-refractivity contribution in [3.63, 3.8) is 0 Å². The van der Waals surface area contributed by atoms with Crippen molar-refractivity contribution < 1.29 is 14.7 Å². The molecule has 3 rings (SSSR count). The van der Waals surface area contributed by atoms with Crippen LogP contribution >= 0.6 is 0 Å². The van der Waals surface area contributed by atoms with Crippen molar-refractivity contribution in [3.8, 4) is 0 Å². The highest BCUT2D eigenvalue weighted by atomic mass is 16.4. The minimum Gasteiger partial charge on any atom is -0.480 e. The lowest BCUT2D eigenvalue weighted by molar-refractivity contribution is -0.162. The standard InChI is InChI=1S/C17H21NO3/c1-16(15(20)21)9-5-6-12-18(16)14(19)17(10-11-17)13-7-3-2-4-8-13/h2-4,7-8H,5-6,9-12H2,1H3,(H,20,21). The molecule has 0 bridgehead atoms. The first-order valence-corrected chi connectivity index (χ1v) is 7.62. The van der Waals surface area contributed by atoms with Gasteiger partial charge in [0, 0.05) is 6.54 Å². The summed E-state index contributed by atoms with van der Waals surface area (Å²) in [5.74, 6) is -0.891. The van der Waals surface area contributed by atoms with E-state index in [2.05, 4.69) is 0 Å². The second-order valence-corrected chi connectivity index (χ2v) is 6.44. The Bertz CT molecular complexity index is 565. The number of piperidine rings is 1. The fourth-order valence-corrected chi connectivity index (χ4v) is 3.44. The van der Waals surface area contributed by atoms with E-state index >= 15 is 0 Å². The van der Waals surface area contributed by atoms with E-state index in [1.165, 1.54) is 0 Å². The molecule has 2 aliphatic rings. The molecule has 1 unspecified atom stereocenters. The van der Waals surface area contributed by atoms with Gasteiger partial charge in [0.25, 0.3) is 0 Å². The molecule has 0 aromatic heterocycles. The van der Waals surface area contributed by atoms with Gasteiger partial charge in [-0.1, -0.05) is 30.3 Å². The minimum absolute atomic E-state index is 0.00157. The Balaban J connectivity index is 1.92. The molecule has 1 aromatic rings. The second kappa shape index (κ2) is 4.86. The van der Waals surface area contributed by atoms with Crippen LogP contribution in [0.25, 0.3) is 0 Å². The van der Waals surface area contributed by atoms with Gasteiger partial charge in [-0.15, -0.1) is 0 Å². The summed E-state index contributed by atoms with van der Waals surface area (Å²) in [4.78, 5) is 26.4. The van der Waals surface area contributed by atoms with E-state index in [9.17, 15) is 14.7 Å². The smallest absolute Gasteiger partial charge is 0.329 e. The van der Waals surface area contributed by atoms with Gasteiger partial charge in [-0.3, -0.25) is 4.79 Å². The van der Waals surface area contributed by atoms with Gasteiger partial charge in [0.1, 0.15) is 5.54 Å². The van der Waals surface area contributed by atoms with E-state index < -0.39 is 16.9 Å². The number of amides is 1. The number of hydrogen-bond donors (Lipinski definition) is 1. The van der Waals surface area contributed by atoms with Crippen LogP contribution in [0.2, 0.25) is 0 Å². The first kappa shape index (κ1) is 14.1. The number of likely N-dealkylation sites (tertiary alicyclic amines) is 1. The number of nitrogens with zero attached hydrogens (tertiary/aromatic N) is 1. The van der Waals surface area contributed by atoms with E-state index in [-0.39, 0.29) is 5.91 Å². The van der Waals surface area contributed by atoms with Crippen LogP contribution in [0.15, 0.2) is 30.3 Å². The molecule has 4 nitrogen and oxygen atoms in total. The molecule has 1 N–H and O–H groups in total. The van der Waals surface area contributed by atoms with Crippen LogP contribution < -0.4 is 0 Å². The zero-order valence-electron chi connectivity index (χ0n) is 12.3. The average Bonchev–Trinajstić information content (AvgIpc) is 3.29. The van der Waals surface area contributed by atoms with Crippen molar-refractivity contribution in [1.29, 1.82) is 0 Å². The van der Waals surface area contributed by atoms with E-state index in [1.807, 2.05) is 30.3 Å². The van der Waals surface area contributed by atoms with Crippen LogP contribution in [-0.4, -0.2) is 34.0 Å². The SMILES string of the molecule is CC1(C(=O)O)CCCCN1C(=O)C1(c2ccccc2)CC1. The molecule has 0 spiro atoms. The Morgan fingerprint density at radius 3 is 2.33 bits per heavy atom. The summed E-state index contributed by atoms with van der Waals surface area (Å²) in [6, 6.07) is 9.77. The zero-order valence-corrected chi connectivity index (χ0v) is 12.3. The molecule has 1 aliphatic heterocycles. The lowest BCUT2D eigenvalue weighted by Crippen LogP contribution is -2.59. The topological polar surface area (TPSA) is 57.6 Å². The fourth-order valence-electron chi connectivity index (χ4n) is 3.44. The second-order valence-electron chi connectivity index (χ2n) is 6.44. The molecule has 1 aliphatic carbocycles. The molecular formula is C17H21NO3. The molecule has 1 aromatic carbocycles. The normalized spacial score (nSPS) is 27.2. The minimum atomic E-state index is -1.06. The number of hydrogen-bond acceptors (Lipinski definition) is 2. The lowest BCUT2D eigenvalue weighted by Gasteiger charge is -2.43. The van der Waals surface area contributed by atoms with Crippen LogP contribution in [0.3, 0.4) is 0 Å². The van der Waals surface area contributed by atoms with Crippen molar-refractivity contribution >= 4 is 11.9 Å². The number of rotatable bonds is 3. The van der Waals surface area contributed by atoms with Crippen LogP contribution in [0.1, 0.15) is 44.6 Å². The molecule has 2 fully saturated rings. The number of carboxylic acid groups (broad SMARTS) is 1. The molecule has 0 radical (unpaired) electrons. The highest BCUT2D eigenvalue weighted by molar-refractivity contribution is 5.95. The van der Waals surface area contributed by atoms with Gasteiger partial charge in [0.2, 0.25) is 5.91 Å². The van der Waals surface area contributed by atoms with E-state index in [1.54, 1.807) is 11.8 Å². The number of carbonyl (C=O) groups excluding carboxylic acids is 1. The van der Waals surface area contributed by atoms with E-state index in [4.69, 9.17) is 0 Å². The van der Waals surface area contributed by atoms with E-state index in [0.29, 0.717) is 13.0 Å². The van der Waals surface area contributed by atoms with Gasteiger partial charge in [-0.25, -0.2) is 4.79 Å².